The van der Waals surface area contributed by atoms with E-state index in [1.165, 1.54) is 13.3 Å². The Balaban J connectivity index is 1.80. The number of benzene rings is 2. The Bertz CT molecular complexity index is 962. The van der Waals surface area contributed by atoms with Crippen LogP contribution < -0.4 is 15.4 Å². The molecule has 27 heavy (non-hydrogen) atoms. The highest BCUT2D eigenvalue weighted by atomic mass is 16.5. The lowest BCUT2D eigenvalue weighted by molar-refractivity contribution is 0.0601. The zero-order valence-corrected chi connectivity index (χ0v) is 15.2. The Morgan fingerprint density at radius 3 is 2.70 bits per heavy atom. The van der Waals surface area contributed by atoms with E-state index in [2.05, 4.69) is 25.8 Å². The number of carbonyl (C=O) groups excluding carboxylic acids is 1. The van der Waals surface area contributed by atoms with Crippen LogP contribution in [-0.2, 0) is 4.74 Å². The molecule has 1 heterocycles. The summed E-state index contributed by atoms with van der Waals surface area (Å²) in [5, 5.41) is 14.2. The van der Waals surface area contributed by atoms with E-state index in [0.717, 1.165) is 11.3 Å². The van der Waals surface area contributed by atoms with Crippen molar-refractivity contribution in [2.24, 2.45) is 0 Å². The zero-order chi connectivity index (χ0) is 19.2. The van der Waals surface area contributed by atoms with Gasteiger partial charge in [-0.3, -0.25) is 0 Å². The maximum atomic E-state index is 11.7. The SMILES string of the molecule is COC(=O)c1cccc(Nc2cnnc(Nc3cc(C)ccc3OC)n2)c1. The maximum Gasteiger partial charge on any atom is 0.337 e. The Kier molecular flexibility index (Phi) is 5.46. The van der Waals surface area contributed by atoms with Crippen molar-refractivity contribution in [3.63, 3.8) is 0 Å². The number of carbonyl (C=O) groups is 1. The van der Waals surface area contributed by atoms with Crippen LogP contribution in [0.3, 0.4) is 0 Å². The highest BCUT2D eigenvalue weighted by molar-refractivity contribution is 5.90. The predicted octanol–water partition coefficient (Wildman–Crippen LogP) is 3.46. The summed E-state index contributed by atoms with van der Waals surface area (Å²) in [7, 11) is 2.94. The molecule has 8 nitrogen and oxygen atoms in total. The molecule has 0 saturated heterocycles. The molecule has 0 unspecified atom stereocenters. The fourth-order valence-corrected chi connectivity index (χ4v) is 2.45. The number of nitrogens with one attached hydrogen (secondary N) is 2. The smallest absolute Gasteiger partial charge is 0.337 e. The molecule has 0 atom stereocenters. The Morgan fingerprint density at radius 2 is 1.93 bits per heavy atom. The molecule has 138 valence electrons. The van der Waals surface area contributed by atoms with Gasteiger partial charge in [0.2, 0.25) is 5.95 Å². The maximum absolute atomic E-state index is 11.7. The third kappa shape index (κ3) is 4.49. The van der Waals surface area contributed by atoms with Crippen LogP contribution in [0.25, 0.3) is 0 Å². The normalized spacial score (nSPS) is 10.2. The Hall–Kier alpha value is -3.68. The molecule has 1 aromatic heterocycles. The van der Waals surface area contributed by atoms with Crippen molar-refractivity contribution in [3.8, 4) is 5.75 Å². The summed E-state index contributed by atoms with van der Waals surface area (Å²) in [6.45, 7) is 1.98. The molecule has 0 aliphatic rings. The summed E-state index contributed by atoms with van der Waals surface area (Å²) in [4.78, 5) is 16.0. The van der Waals surface area contributed by atoms with Gasteiger partial charge in [0.15, 0.2) is 5.82 Å². The minimum absolute atomic E-state index is 0.313. The van der Waals surface area contributed by atoms with Gasteiger partial charge in [-0.05, 0) is 42.8 Å². The van der Waals surface area contributed by atoms with E-state index in [9.17, 15) is 4.79 Å². The highest BCUT2D eigenvalue weighted by Gasteiger charge is 2.09. The summed E-state index contributed by atoms with van der Waals surface area (Å²) in [5.74, 6) is 1.05. The summed E-state index contributed by atoms with van der Waals surface area (Å²) in [6, 6.07) is 12.7. The minimum atomic E-state index is -0.409. The summed E-state index contributed by atoms with van der Waals surface area (Å²) in [5.41, 5.74) is 2.93. The lowest BCUT2D eigenvalue weighted by Gasteiger charge is -2.11. The van der Waals surface area contributed by atoms with Crippen molar-refractivity contribution in [2.45, 2.75) is 6.92 Å². The quantitative estimate of drug-likeness (QED) is 0.641. The van der Waals surface area contributed by atoms with Gasteiger partial charge in [0.25, 0.3) is 0 Å². The van der Waals surface area contributed by atoms with E-state index in [1.807, 2.05) is 31.2 Å². The van der Waals surface area contributed by atoms with Gasteiger partial charge in [-0.2, -0.15) is 10.1 Å². The topological polar surface area (TPSA) is 98.3 Å². The van der Waals surface area contributed by atoms with Gasteiger partial charge in [0.1, 0.15) is 5.75 Å². The van der Waals surface area contributed by atoms with E-state index in [1.54, 1.807) is 25.3 Å². The Labute approximate surface area is 156 Å². The number of nitrogens with zero attached hydrogens (tertiary/aromatic N) is 3. The average Bonchev–Trinajstić information content (AvgIpc) is 2.68. The second-order valence-corrected chi connectivity index (χ2v) is 5.69. The standard InChI is InChI=1S/C19H19N5O3/c1-12-7-8-16(26-2)15(9-12)22-19-23-17(11-20-24-19)21-14-6-4-5-13(10-14)18(25)27-3/h4-11H,1-3H3,(H2,21,22,23,24). The van der Waals surface area contributed by atoms with E-state index in [-0.39, 0.29) is 0 Å². The molecule has 0 bridgehead atoms. The van der Waals surface area contributed by atoms with Crippen molar-refractivity contribution in [1.82, 2.24) is 15.2 Å². The van der Waals surface area contributed by atoms with Gasteiger partial charge in [0, 0.05) is 5.69 Å². The van der Waals surface area contributed by atoms with Crippen LogP contribution >= 0.6 is 0 Å². The van der Waals surface area contributed by atoms with Gasteiger partial charge in [0.05, 0.1) is 31.7 Å². The number of ether oxygens (including phenoxy) is 2. The van der Waals surface area contributed by atoms with Crippen LogP contribution in [0, 0.1) is 6.92 Å². The van der Waals surface area contributed by atoms with E-state index >= 15 is 0 Å². The average molecular weight is 365 g/mol. The predicted molar refractivity (Wildman–Crippen MR) is 102 cm³/mol. The summed E-state index contributed by atoms with van der Waals surface area (Å²) >= 11 is 0. The zero-order valence-electron chi connectivity index (χ0n) is 15.2. The number of rotatable bonds is 6. The molecule has 0 radical (unpaired) electrons. The molecule has 0 aliphatic carbocycles. The number of aryl methyl sites for hydroxylation is 1. The molecule has 3 rings (SSSR count). The largest absolute Gasteiger partial charge is 0.495 e. The van der Waals surface area contributed by atoms with Crippen molar-refractivity contribution in [3.05, 3.63) is 59.8 Å². The number of hydrogen-bond acceptors (Lipinski definition) is 8. The van der Waals surface area contributed by atoms with Gasteiger partial charge < -0.3 is 20.1 Å². The first-order chi connectivity index (χ1) is 13.1. The van der Waals surface area contributed by atoms with Crippen LogP contribution in [0.5, 0.6) is 5.75 Å². The monoisotopic (exact) mass is 365 g/mol. The molecule has 0 saturated carbocycles. The van der Waals surface area contributed by atoms with Crippen LogP contribution in [0.15, 0.2) is 48.7 Å². The molecule has 0 amide bonds. The van der Waals surface area contributed by atoms with Crippen molar-refractivity contribution < 1.29 is 14.3 Å². The van der Waals surface area contributed by atoms with Crippen LogP contribution in [0.2, 0.25) is 0 Å². The fraction of sp³-hybridized carbons (Fsp3) is 0.158. The third-order valence-electron chi connectivity index (χ3n) is 3.72. The molecular formula is C19H19N5O3. The molecule has 0 spiro atoms. The van der Waals surface area contributed by atoms with Gasteiger partial charge in [-0.1, -0.05) is 12.1 Å². The van der Waals surface area contributed by atoms with Gasteiger partial charge in [-0.15, -0.1) is 5.10 Å². The second-order valence-electron chi connectivity index (χ2n) is 5.69. The number of esters is 1. The molecule has 2 N–H and O–H groups in total. The lowest BCUT2D eigenvalue weighted by atomic mass is 10.2. The first-order valence-electron chi connectivity index (χ1n) is 8.16. The van der Waals surface area contributed by atoms with E-state index < -0.39 is 5.97 Å². The molecule has 8 heteroatoms. The number of anilines is 4. The number of hydrogen-bond donors (Lipinski definition) is 2. The van der Waals surface area contributed by atoms with Crippen LogP contribution in [0.1, 0.15) is 15.9 Å². The van der Waals surface area contributed by atoms with Crippen molar-refractivity contribution in [2.75, 3.05) is 24.9 Å². The Morgan fingerprint density at radius 1 is 1.07 bits per heavy atom. The molecular weight excluding hydrogens is 346 g/mol. The van der Waals surface area contributed by atoms with E-state index in [4.69, 9.17) is 9.47 Å². The second kappa shape index (κ2) is 8.13. The first kappa shape index (κ1) is 18.1. The van der Waals surface area contributed by atoms with E-state index in [0.29, 0.717) is 28.8 Å². The molecule has 0 fully saturated rings. The summed E-state index contributed by atoms with van der Waals surface area (Å²) < 4.78 is 10.1. The van der Waals surface area contributed by atoms with Crippen molar-refractivity contribution >= 4 is 29.1 Å². The third-order valence-corrected chi connectivity index (χ3v) is 3.72. The fourth-order valence-electron chi connectivity index (χ4n) is 2.45. The van der Waals surface area contributed by atoms with Crippen molar-refractivity contribution in [1.29, 1.82) is 0 Å². The number of methoxy groups -OCH3 is 2. The van der Waals surface area contributed by atoms with Crippen LogP contribution in [-0.4, -0.2) is 35.4 Å². The van der Waals surface area contributed by atoms with Crippen LogP contribution in [0.4, 0.5) is 23.1 Å². The first-order valence-corrected chi connectivity index (χ1v) is 8.16. The lowest BCUT2D eigenvalue weighted by Crippen LogP contribution is -2.05. The highest BCUT2D eigenvalue weighted by Crippen LogP contribution is 2.27. The van der Waals surface area contributed by atoms with Gasteiger partial charge in [-0.25, -0.2) is 4.79 Å². The minimum Gasteiger partial charge on any atom is -0.495 e. The van der Waals surface area contributed by atoms with Gasteiger partial charge >= 0.3 is 5.97 Å². The molecule has 2 aromatic carbocycles. The number of aromatic nitrogens is 3. The summed E-state index contributed by atoms with van der Waals surface area (Å²) in [6.07, 6.45) is 1.49. The molecule has 3 aromatic rings. The molecule has 0 aliphatic heterocycles.